The maximum atomic E-state index is 12.9. The van der Waals surface area contributed by atoms with Gasteiger partial charge in [-0.2, -0.15) is 0 Å². The summed E-state index contributed by atoms with van der Waals surface area (Å²) in [5.41, 5.74) is 0.701. The molecule has 0 unspecified atom stereocenters. The van der Waals surface area contributed by atoms with Gasteiger partial charge in [0, 0.05) is 4.90 Å². The molecule has 5 nitrogen and oxygen atoms in total. The van der Waals surface area contributed by atoms with Gasteiger partial charge >= 0.3 is 0 Å². The molecule has 1 aromatic rings. The van der Waals surface area contributed by atoms with Gasteiger partial charge in [0.25, 0.3) is 0 Å². The number of piperidine rings is 1. The Balaban J connectivity index is 1.70. The van der Waals surface area contributed by atoms with E-state index < -0.39 is 12.1 Å². The lowest BCUT2D eigenvalue weighted by atomic mass is 9.87. The van der Waals surface area contributed by atoms with Crippen LogP contribution >= 0.6 is 11.8 Å². The van der Waals surface area contributed by atoms with E-state index in [1.165, 1.54) is 64.2 Å². The number of hydrogen-bond donors (Lipinski definition) is 4. The largest absolute Gasteiger partial charge is 0.394 e. The van der Waals surface area contributed by atoms with Crippen LogP contribution in [0.4, 0.5) is 0 Å². The van der Waals surface area contributed by atoms with Gasteiger partial charge in [0.05, 0.1) is 18.7 Å². The molecular weight excluding hydrogens is 432 g/mol. The average Bonchev–Trinajstić information content (AvgIpc) is 2.86. The lowest BCUT2D eigenvalue weighted by molar-refractivity contribution is -0.126. The molecular formula is C27H46N2O3S. The van der Waals surface area contributed by atoms with Crippen molar-refractivity contribution in [1.82, 2.24) is 10.6 Å². The van der Waals surface area contributed by atoms with Crippen molar-refractivity contribution in [2.75, 3.05) is 19.4 Å². The molecule has 4 atom stereocenters. The Bertz CT molecular complexity index is 655. The summed E-state index contributed by atoms with van der Waals surface area (Å²) < 4.78 is 0. The van der Waals surface area contributed by atoms with E-state index in [1.807, 2.05) is 30.5 Å². The van der Waals surface area contributed by atoms with E-state index >= 15 is 0 Å². The normalized spacial score (nSPS) is 20.4. The fraction of sp³-hybridized carbons (Fsp3) is 0.741. The summed E-state index contributed by atoms with van der Waals surface area (Å²) in [6.45, 7) is 2.81. The number of carbonyl (C=O) groups is 1. The highest BCUT2D eigenvalue weighted by molar-refractivity contribution is 7.98. The van der Waals surface area contributed by atoms with Crippen molar-refractivity contribution in [3.8, 4) is 0 Å². The SMILES string of the molecule is CCCCCCCCCCC[C@@H]1CCN[C@H](C(=O)N[C@@H](CO)[C@@H](O)c2ccc(SC)cc2)C1. The maximum absolute atomic E-state index is 12.9. The third-order valence-electron chi connectivity index (χ3n) is 6.91. The van der Waals surface area contributed by atoms with Gasteiger partial charge in [-0.1, -0.05) is 83.3 Å². The Hall–Kier alpha value is -1.08. The zero-order valence-corrected chi connectivity index (χ0v) is 21.5. The van der Waals surface area contributed by atoms with E-state index in [2.05, 4.69) is 17.6 Å². The van der Waals surface area contributed by atoms with Crippen LogP contribution in [0, 0.1) is 5.92 Å². The van der Waals surface area contributed by atoms with Gasteiger partial charge in [-0.3, -0.25) is 4.79 Å². The third-order valence-corrected chi connectivity index (χ3v) is 7.65. The molecule has 2 rings (SSSR count). The molecule has 1 aliphatic rings. The van der Waals surface area contributed by atoms with Crippen molar-refractivity contribution >= 4 is 17.7 Å². The maximum Gasteiger partial charge on any atom is 0.237 e. The van der Waals surface area contributed by atoms with Gasteiger partial charge < -0.3 is 20.8 Å². The van der Waals surface area contributed by atoms with Crippen molar-refractivity contribution in [1.29, 1.82) is 0 Å². The minimum Gasteiger partial charge on any atom is -0.394 e. The molecule has 6 heteroatoms. The van der Waals surface area contributed by atoms with E-state index in [9.17, 15) is 15.0 Å². The number of aliphatic hydroxyl groups is 2. The first-order valence-electron chi connectivity index (χ1n) is 13.1. The van der Waals surface area contributed by atoms with Crippen molar-refractivity contribution in [3.63, 3.8) is 0 Å². The molecule has 1 heterocycles. The molecule has 188 valence electrons. The fourth-order valence-corrected chi connectivity index (χ4v) is 5.15. The molecule has 1 fully saturated rings. The van der Waals surface area contributed by atoms with E-state index in [0.717, 1.165) is 24.3 Å². The van der Waals surface area contributed by atoms with Gasteiger partial charge in [0.15, 0.2) is 0 Å². The highest BCUT2D eigenvalue weighted by Crippen LogP contribution is 2.25. The Morgan fingerprint density at radius 3 is 2.33 bits per heavy atom. The van der Waals surface area contributed by atoms with Crippen LogP contribution in [0.3, 0.4) is 0 Å². The number of nitrogens with one attached hydrogen (secondary N) is 2. The average molecular weight is 479 g/mol. The van der Waals surface area contributed by atoms with E-state index in [-0.39, 0.29) is 18.6 Å². The molecule has 0 saturated carbocycles. The quantitative estimate of drug-likeness (QED) is 0.194. The minimum absolute atomic E-state index is 0.120. The molecule has 0 aromatic heterocycles. The standard InChI is InChI=1S/C27H46N2O3S/c1-3-4-5-6-7-8-9-10-11-12-21-17-18-28-24(19-21)27(32)29-25(20-30)26(31)22-13-15-23(33-2)16-14-22/h13-16,21,24-26,28,30-31H,3-12,17-20H2,1-2H3,(H,29,32)/t21-,24+,25+,26+/m1/s1. The molecule has 1 aliphatic heterocycles. The summed E-state index contributed by atoms with van der Waals surface area (Å²) in [6.07, 6.45) is 16.2. The number of benzene rings is 1. The Morgan fingerprint density at radius 1 is 1.09 bits per heavy atom. The first-order chi connectivity index (χ1) is 16.1. The summed E-state index contributed by atoms with van der Waals surface area (Å²) >= 11 is 1.64. The number of unbranched alkanes of at least 4 members (excludes halogenated alkanes) is 8. The van der Waals surface area contributed by atoms with Gasteiger partial charge in [0.2, 0.25) is 5.91 Å². The zero-order chi connectivity index (χ0) is 23.9. The van der Waals surface area contributed by atoms with Gasteiger partial charge in [-0.15, -0.1) is 11.8 Å². The Labute approximate surface area is 205 Å². The summed E-state index contributed by atoms with van der Waals surface area (Å²) in [5.74, 6) is 0.453. The molecule has 33 heavy (non-hydrogen) atoms. The zero-order valence-electron chi connectivity index (χ0n) is 20.7. The second-order valence-electron chi connectivity index (χ2n) is 9.53. The number of amides is 1. The molecule has 4 N–H and O–H groups in total. The second kappa shape index (κ2) is 16.5. The number of hydrogen-bond acceptors (Lipinski definition) is 5. The Kier molecular flexibility index (Phi) is 14.1. The van der Waals surface area contributed by atoms with Crippen LogP contribution in [-0.2, 0) is 4.79 Å². The van der Waals surface area contributed by atoms with Crippen molar-refractivity contribution in [3.05, 3.63) is 29.8 Å². The van der Waals surface area contributed by atoms with Gasteiger partial charge in [-0.25, -0.2) is 0 Å². The fourth-order valence-electron chi connectivity index (χ4n) is 4.74. The van der Waals surface area contributed by atoms with Crippen LogP contribution in [-0.4, -0.2) is 47.6 Å². The number of carbonyl (C=O) groups excluding carboxylic acids is 1. The predicted octanol–water partition coefficient (Wildman–Crippen LogP) is 5.21. The first-order valence-corrected chi connectivity index (χ1v) is 14.3. The van der Waals surface area contributed by atoms with Crippen molar-refractivity contribution < 1.29 is 15.0 Å². The van der Waals surface area contributed by atoms with Gasteiger partial charge in [0.1, 0.15) is 6.10 Å². The topological polar surface area (TPSA) is 81.6 Å². The second-order valence-corrected chi connectivity index (χ2v) is 10.4. The smallest absolute Gasteiger partial charge is 0.237 e. The number of thioether (sulfide) groups is 1. The van der Waals surface area contributed by atoms with Crippen molar-refractivity contribution in [2.24, 2.45) is 5.92 Å². The lowest BCUT2D eigenvalue weighted by Gasteiger charge is -2.31. The van der Waals surface area contributed by atoms with Crippen LogP contribution < -0.4 is 10.6 Å². The van der Waals surface area contributed by atoms with Crippen molar-refractivity contribution in [2.45, 2.75) is 107 Å². The van der Waals surface area contributed by atoms with Crippen LogP contribution in [0.2, 0.25) is 0 Å². The minimum atomic E-state index is -0.934. The molecule has 0 aliphatic carbocycles. The van der Waals surface area contributed by atoms with Crippen LogP contribution in [0.25, 0.3) is 0 Å². The summed E-state index contributed by atoms with van der Waals surface area (Å²) in [5, 5.41) is 26.7. The summed E-state index contributed by atoms with van der Waals surface area (Å²) in [4.78, 5) is 14.0. The summed E-state index contributed by atoms with van der Waals surface area (Å²) in [6, 6.07) is 6.63. The highest BCUT2D eigenvalue weighted by atomic mass is 32.2. The monoisotopic (exact) mass is 478 g/mol. The van der Waals surface area contributed by atoms with E-state index in [1.54, 1.807) is 11.8 Å². The molecule has 1 amide bonds. The first kappa shape index (κ1) is 28.2. The van der Waals surface area contributed by atoms with Gasteiger partial charge in [-0.05, 0) is 49.3 Å². The molecule has 0 bridgehead atoms. The van der Waals surface area contributed by atoms with Crippen LogP contribution in [0.5, 0.6) is 0 Å². The number of rotatable bonds is 16. The van der Waals surface area contributed by atoms with E-state index in [0.29, 0.717) is 11.5 Å². The van der Waals surface area contributed by atoms with Crippen LogP contribution in [0.15, 0.2) is 29.2 Å². The molecule has 0 radical (unpaired) electrons. The molecule has 1 saturated heterocycles. The van der Waals surface area contributed by atoms with E-state index in [4.69, 9.17) is 0 Å². The van der Waals surface area contributed by atoms with Crippen LogP contribution in [0.1, 0.15) is 95.6 Å². The predicted molar refractivity (Wildman–Crippen MR) is 139 cm³/mol. The lowest BCUT2D eigenvalue weighted by Crippen LogP contribution is -2.53. The Morgan fingerprint density at radius 2 is 1.73 bits per heavy atom. The molecule has 0 spiro atoms. The third kappa shape index (κ3) is 10.4. The summed E-state index contributed by atoms with van der Waals surface area (Å²) in [7, 11) is 0. The highest BCUT2D eigenvalue weighted by Gasteiger charge is 2.30. The molecule has 1 aromatic carbocycles. The number of aliphatic hydroxyl groups excluding tert-OH is 2.